The van der Waals surface area contributed by atoms with E-state index in [1.807, 2.05) is 49.1 Å². The largest absolute Gasteiger partial charge is 0.368 e. The number of likely N-dealkylation sites (tertiary alicyclic amines) is 1. The molecule has 8 nitrogen and oxygen atoms in total. The van der Waals surface area contributed by atoms with Crippen molar-refractivity contribution in [2.75, 3.05) is 23.7 Å². The van der Waals surface area contributed by atoms with E-state index in [1.165, 1.54) is 0 Å². The van der Waals surface area contributed by atoms with E-state index in [0.29, 0.717) is 25.3 Å². The van der Waals surface area contributed by atoms with Crippen LogP contribution in [0.5, 0.6) is 0 Å². The Hall–Kier alpha value is -3.68. The topological polar surface area (TPSA) is 95.7 Å². The van der Waals surface area contributed by atoms with Gasteiger partial charge in [0.15, 0.2) is 5.82 Å². The number of piperidine rings is 1. The second-order valence-electron chi connectivity index (χ2n) is 8.78. The number of hydrogen-bond donors (Lipinski definition) is 2. The van der Waals surface area contributed by atoms with Crippen LogP contribution in [-0.2, 0) is 17.8 Å². The molecule has 8 heteroatoms. The summed E-state index contributed by atoms with van der Waals surface area (Å²) in [7, 11) is 0. The van der Waals surface area contributed by atoms with Crippen molar-refractivity contribution in [1.82, 2.24) is 15.0 Å². The monoisotopic (exact) mass is 444 g/mol. The molecule has 1 spiro atoms. The summed E-state index contributed by atoms with van der Waals surface area (Å²) in [6, 6.07) is 14.1. The molecule has 0 aliphatic carbocycles. The van der Waals surface area contributed by atoms with Crippen molar-refractivity contribution in [2.45, 2.75) is 45.2 Å². The number of aliphatic imine (C=N–C) groups is 1. The summed E-state index contributed by atoms with van der Waals surface area (Å²) in [4.78, 5) is 24.7. The van der Waals surface area contributed by atoms with Gasteiger partial charge in [-0.2, -0.15) is 0 Å². The number of hydrogen-bond acceptors (Lipinski definition) is 6. The number of pyridine rings is 1. The fourth-order valence-electron chi connectivity index (χ4n) is 4.68. The van der Waals surface area contributed by atoms with Gasteiger partial charge in [0.25, 0.3) is 0 Å². The third-order valence-corrected chi connectivity index (χ3v) is 6.49. The van der Waals surface area contributed by atoms with Gasteiger partial charge >= 0.3 is 0 Å². The first-order valence-electron chi connectivity index (χ1n) is 11.3. The average Bonchev–Trinajstić information content (AvgIpc) is 3.15. The van der Waals surface area contributed by atoms with Crippen LogP contribution < -0.4 is 10.6 Å². The van der Waals surface area contributed by atoms with Crippen molar-refractivity contribution in [3.63, 3.8) is 0 Å². The first-order chi connectivity index (χ1) is 16.0. The van der Waals surface area contributed by atoms with E-state index in [-0.39, 0.29) is 5.91 Å². The number of nitrogens with zero attached hydrogens (tertiary/aromatic N) is 4. The number of fused-ring (bicyclic) bond motifs is 1. The summed E-state index contributed by atoms with van der Waals surface area (Å²) >= 11 is 0. The molecule has 1 amide bonds. The molecular formula is C25H28N6O2. The molecule has 33 heavy (non-hydrogen) atoms. The minimum Gasteiger partial charge on any atom is -0.368 e. The number of carbonyl (C=O) groups is 1. The highest BCUT2D eigenvalue weighted by atomic mass is 16.5. The predicted molar refractivity (Wildman–Crippen MR) is 127 cm³/mol. The first-order valence-corrected chi connectivity index (χ1v) is 11.3. The molecule has 0 radical (unpaired) electrons. The van der Waals surface area contributed by atoms with Gasteiger partial charge in [-0.3, -0.25) is 9.79 Å². The molecule has 3 aromatic rings. The van der Waals surface area contributed by atoms with Crippen molar-refractivity contribution in [3.8, 4) is 0 Å². The minimum atomic E-state index is -0.489. The number of amides is 1. The number of benzene rings is 1. The molecule has 170 valence electrons. The van der Waals surface area contributed by atoms with Crippen LogP contribution in [0.1, 0.15) is 35.4 Å². The molecule has 0 bridgehead atoms. The van der Waals surface area contributed by atoms with E-state index in [4.69, 9.17) is 9.52 Å². The van der Waals surface area contributed by atoms with Crippen LogP contribution in [0.4, 0.5) is 11.5 Å². The average molecular weight is 445 g/mol. The first kappa shape index (κ1) is 21.2. The van der Waals surface area contributed by atoms with E-state index < -0.39 is 5.54 Å². The number of anilines is 2. The van der Waals surface area contributed by atoms with Gasteiger partial charge in [0, 0.05) is 18.3 Å². The van der Waals surface area contributed by atoms with Crippen LogP contribution in [0.25, 0.3) is 0 Å². The maximum Gasteiger partial charge on any atom is 0.227 e. The zero-order valence-electron chi connectivity index (χ0n) is 19.0. The second kappa shape index (κ2) is 8.69. The molecule has 2 aliphatic heterocycles. The lowest BCUT2D eigenvalue weighted by molar-refractivity contribution is -0.131. The van der Waals surface area contributed by atoms with Crippen molar-refractivity contribution in [3.05, 3.63) is 71.2 Å². The molecule has 4 heterocycles. The molecule has 1 aromatic carbocycles. The highest BCUT2D eigenvalue weighted by molar-refractivity contribution is 6.09. The van der Waals surface area contributed by atoms with Gasteiger partial charge in [0.1, 0.15) is 17.1 Å². The van der Waals surface area contributed by atoms with Crippen molar-refractivity contribution < 1.29 is 9.32 Å². The number of amidine groups is 1. The Labute approximate surface area is 193 Å². The summed E-state index contributed by atoms with van der Waals surface area (Å²) < 4.78 is 5.25. The molecule has 2 N–H and O–H groups in total. The van der Waals surface area contributed by atoms with Crippen LogP contribution in [0.3, 0.4) is 0 Å². The number of aryl methyl sites for hydroxylation is 2. The zero-order chi connectivity index (χ0) is 22.8. The fraction of sp³-hybridized carbons (Fsp3) is 0.360. The summed E-state index contributed by atoms with van der Waals surface area (Å²) in [5, 5.41) is 11.1. The SMILES string of the molecule is Cc1noc(C)c1CC(=O)N1CCC[C@]2(C1)Nc1cccnc1NC2=NCc1ccccc1. The van der Waals surface area contributed by atoms with E-state index in [9.17, 15) is 4.79 Å². The van der Waals surface area contributed by atoms with Crippen molar-refractivity contribution >= 4 is 23.2 Å². The molecule has 2 aliphatic rings. The van der Waals surface area contributed by atoms with E-state index in [0.717, 1.165) is 53.5 Å². The lowest BCUT2D eigenvalue weighted by Crippen LogP contribution is -2.62. The summed E-state index contributed by atoms with van der Waals surface area (Å²) in [6.07, 6.45) is 3.80. The van der Waals surface area contributed by atoms with Crippen LogP contribution >= 0.6 is 0 Å². The smallest absolute Gasteiger partial charge is 0.227 e. The third kappa shape index (κ3) is 4.20. The predicted octanol–water partition coefficient (Wildman–Crippen LogP) is 3.73. The molecule has 1 atom stereocenters. The Bertz CT molecular complexity index is 1170. The summed E-state index contributed by atoms with van der Waals surface area (Å²) in [5.74, 6) is 2.36. The van der Waals surface area contributed by atoms with Crippen molar-refractivity contribution in [2.24, 2.45) is 4.99 Å². The third-order valence-electron chi connectivity index (χ3n) is 6.49. The van der Waals surface area contributed by atoms with E-state index in [1.54, 1.807) is 6.20 Å². The minimum absolute atomic E-state index is 0.0738. The molecule has 0 saturated carbocycles. The maximum atomic E-state index is 13.3. The van der Waals surface area contributed by atoms with Crippen LogP contribution in [-0.4, -0.2) is 45.4 Å². The van der Waals surface area contributed by atoms with Crippen LogP contribution in [0.2, 0.25) is 0 Å². The molecule has 2 aromatic heterocycles. The van der Waals surface area contributed by atoms with Gasteiger partial charge in [-0.25, -0.2) is 4.98 Å². The number of nitrogens with one attached hydrogen (secondary N) is 2. The van der Waals surface area contributed by atoms with E-state index >= 15 is 0 Å². The number of aromatic nitrogens is 2. The number of carbonyl (C=O) groups excluding carboxylic acids is 1. The molecule has 1 saturated heterocycles. The summed E-state index contributed by atoms with van der Waals surface area (Å²) in [5.41, 5.74) is 3.22. The molecular weight excluding hydrogens is 416 g/mol. The molecule has 1 fully saturated rings. The van der Waals surface area contributed by atoms with Gasteiger partial charge in [-0.1, -0.05) is 35.5 Å². The normalized spacial score (nSPS) is 20.9. The van der Waals surface area contributed by atoms with Gasteiger partial charge in [0.05, 0.1) is 30.9 Å². The van der Waals surface area contributed by atoms with Crippen LogP contribution in [0.15, 0.2) is 58.2 Å². The van der Waals surface area contributed by atoms with E-state index in [2.05, 4.69) is 32.9 Å². The highest BCUT2D eigenvalue weighted by Gasteiger charge is 2.44. The second-order valence-corrected chi connectivity index (χ2v) is 8.78. The quantitative estimate of drug-likeness (QED) is 0.637. The Balaban J connectivity index is 1.43. The standard InChI is InChI=1S/C25H28N6O2/c1-17-20(18(2)33-30-17)14-22(32)31-13-7-11-25(16-31)24(27-15-19-8-4-3-5-9-19)28-23-21(29-25)10-6-12-26-23/h3-6,8-10,12,29H,7,11,13-16H2,1-2H3,(H,26,27,28)/t25-/m1/s1. The molecule has 5 rings (SSSR count). The molecule has 0 unspecified atom stereocenters. The van der Waals surface area contributed by atoms with Gasteiger partial charge in [-0.05, 0) is 44.4 Å². The maximum absolute atomic E-state index is 13.3. The van der Waals surface area contributed by atoms with Gasteiger partial charge in [-0.15, -0.1) is 0 Å². The van der Waals surface area contributed by atoms with Crippen molar-refractivity contribution in [1.29, 1.82) is 0 Å². The lowest BCUT2D eigenvalue weighted by atomic mass is 9.85. The Morgan fingerprint density at radius 1 is 1.21 bits per heavy atom. The Morgan fingerprint density at radius 2 is 2.06 bits per heavy atom. The fourth-order valence-corrected chi connectivity index (χ4v) is 4.68. The van der Waals surface area contributed by atoms with Gasteiger partial charge < -0.3 is 20.1 Å². The Kier molecular flexibility index (Phi) is 5.58. The highest BCUT2D eigenvalue weighted by Crippen LogP contribution is 2.35. The zero-order valence-corrected chi connectivity index (χ0v) is 19.0. The number of rotatable bonds is 4. The van der Waals surface area contributed by atoms with Gasteiger partial charge in [0.2, 0.25) is 5.91 Å². The Morgan fingerprint density at radius 3 is 2.85 bits per heavy atom. The lowest BCUT2D eigenvalue weighted by Gasteiger charge is -2.47. The summed E-state index contributed by atoms with van der Waals surface area (Å²) in [6.45, 7) is 5.54. The van der Waals surface area contributed by atoms with Crippen LogP contribution in [0, 0.1) is 13.8 Å².